The van der Waals surface area contributed by atoms with E-state index in [0.29, 0.717) is 12.0 Å². The quantitative estimate of drug-likeness (QED) is 0.493. The summed E-state index contributed by atoms with van der Waals surface area (Å²) in [7, 11) is 2.92. The van der Waals surface area contributed by atoms with E-state index in [1.165, 1.54) is 20.5 Å². The van der Waals surface area contributed by atoms with E-state index in [0.717, 1.165) is 36.2 Å². The highest BCUT2D eigenvalue weighted by Gasteiger charge is 2.58. The fraction of sp³-hybridized carbons (Fsp3) is 0.455. The van der Waals surface area contributed by atoms with Gasteiger partial charge in [-0.05, 0) is 42.7 Å². The van der Waals surface area contributed by atoms with E-state index in [9.17, 15) is 9.59 Å². The van der Waals surface area contributed by atoms with Crippen molar-refractivity contribution in [3.05, 3.63) is 53.4 Å². The Bertz CT molecular complexity index is 875. The summed E-state index contributed by atoms with van der Waals surface area (Å²) in [6, 6.07) is 7.93. The third kappa shape index (κ3) is 2.54. The van der Waals surface area contributed by atoms with Crippen molar-refractivity contribution in [2.45, 2.75) is 37.6 Å². The number of rotatable bonds is 4. The topological polar surface area (TPSA) is 67.9 Å². The molecule has 3 aliphatic heterocycles. The van der Waals surface area contributed by atoms with E-state index in [2.05, 4.69) is 29.4 Å². The van der Waals surface area contributed by atoms with Crippen LogP contribution < -0.4 is 5.32 Å². The standard InChI is InChI=1S/C22H26N2O4/c1-4-14-12-24-10-9-22(17-7-5-6-8-18(17)23-21(22)26)19(24)11-15(14)16(13-27-2)20(25)28-3/h5-8,12-13,15,19H,4,9-11H2,1-3H3,(H,23,26)/t15-,19-,22-/m0/s1. The number of benzene rings is 1. The lowest BCUT2D eigenvalue weighted by Crippen LogP contribution is -2.49. The molecular formula is C22H26N2O4. The van der Waals surface area contributed by atoms with Crippen LogP contribution in [0, 0.1) is 5.92 Å². The van der Waals surface area contributed by atoms with Crippen LogP contribution in [0.4, 0.5) is 5.69 Å². The Labute approximate surface area is 165 Å². The summed E-state index contributed by atoms with van der Waals surface area (Å²) in [5, 5.41) is 3.07. The van der Waals surface area contributed by atoms with Gasteiger partial charge in [0.15, 0.2) is 0 Å². The molecule has 0 bridgehead atoms. The Hall–Kier alpha value is -2.76. The largest absolute Gasteiger partial charge is 0.504 e. The minimum absolute atomic E-state index is 0.0126. The molecule has 4 rings (SSSR count). The van der Waals surface area contributed by atoms with Crippen molar-refractivity contribution in [2.24, 2.45) is 5.92 Å². The molecule has 1 spiro atoms. The van der Waals surface area contributed by atoms with Gasteiger partial charge in [-0.3, -0.25) is 4.79 Å². The van der Waals surface area contributed by atoms with Crippen LogP contribution in [0.15, 0.2) is 47.9 Å². The minimum Gasteiger partial charge on any atom is -0.504 e. The number of allylic oxidation sites excluding steroid dienone is 1. The zero-order chi connectivity index (χ0) is 19.9. The smallest absolute Gasteiger partial charge is 0.337 e. The number of carbonyl (C=O) groups is 2. The first-order valence-electron chi connectivity index (χ1n) is 9.75. The summed E-state index contributed by atoms with van der Waals surface area (Å²) in [5.41, 5.74) is 3.05. The average molecular weight is 382 g/mol. The number of anilines is 1. The van der Waals surface area contributed by atoms with Crippen LogP contribution in [-0.2, 0) is 24.5 Å². The molecule has 148 valence electrons. The Morgan fingerprint density at radius 3 is 2.86 bits per heavy atom. The number of carbonyl (C=O) groups excluding carboxylic acids is 2. The van der Waals surface area contributed by atoms with Crippen LogP contribution in [0.2, 0.25) is 0 Å². The van der Waals surface area contributed by atoms with Gasteiger partial charge in [-0.25, -0.2) is 4.79 Å². The SMILES string of the molecule is CCC1=CN2CC[C@@]3(C(=O)Nc4ccccc43)[C@@H]2C[C@@H]1C(=COC)C(=O)OC. The van der Waals surface area contributed by atoms with Crippen LogP contribution in [0.3, 0.4) is 0 Å². The first kappa shape index (κ1) is 18.6. The van der Waals surface area contributed by atoms with E-state index in [4.69, 9.17) is 9.47 Å². The van der Waals surface area contributed by atoms with Crippen LogP contribution in [-0.4, -0.2) is 43.6 Å². The van der Waals surface area contributed by atoms with E-state index in [-0.39, 0.29) is 23.8 Å². The predicted octanol–water partition coefficient (Wildman–Crippen LogP) is 2.97. The average Bonchev–Trinajstić information content (AvgIpc) is 3.23. The van der Waals surface area contributed by atoms with Crippen LogP contribution >= 0.6 is 0 Å². The van der Waals surface area contributed by atoms with Gasteiger partial charge in [0.2, 0.25) is 5.91 Å². The second-order valence-electron chi connectivity index (χ2n) is 7.62. The molecule has 1 aromatic carbocycles. The highest BCUT2D eigenvalue weighted by molar-refractivity contribution is 6.07. The van der Waals surface area contributed by atoms with E-state index < -0.39 is 5.41 Å². The lowest BCUT2D eigenvalue weighted by Gasteiger charge is -2.40. The van der Waals surface area contributed by atoms with Gasteiger partial charge in [-0.2, -0.15) is 0 Å². The van der Waals surface area contributed by atoms with Gasteiger partial charge in [0.25, 0.3) is 0 Å². The van der Waals surface area contributed by atoms with Gasteiger partial charge in [-0.1, -0.05) is 25.1 Å². The van der Waals surface area contributed by atoms with Crippen LogP contribution in [0.25, 0.3) is 0 Å². The van der Waals surface area contributed by atoms with Gasteiger partial charge in [-0.15, -0.1) is 0 Å². The van der Waals surface area contributed by atoms with Gasteiger partial charge >= 0.3 is 5.97 Å². The second kappa shape index (κ2) is 7.00. The van der Waals surface area contributed by atoms with E-state index in [1.54, 1.807) is 0 Å². The molecule has 1 saturated heterocycles. The third-order valence-corrected chi connectivity index (χ3v) is 6.48. The number of para-hydroxylation sites is 1. The number of hydrogen-bond acceptors (Lipinski definition) is 5. The van der Waals surface area contributed by atoms with Crippen LogP contribution in [0.5, 0.6) is 0 Å². The second-order valence-corrected chi connectivity index (χ2v) is 7.62. The number of hydrogen-bond donors (Lipinski definition) is 1. The van der Waals surface area contributed by atoms with Crippen molar-refractivity contribution in [1.82, 2.24) is 4.90 Å². The van der Waals surface area contributed by atoms with Crippen LogP contribution in [0.1, 0.15) is 31.7 Å². The third-order valence-electron chi connectivity index (χ3n) is 6.48. The first-order valence-corrected chi connectivity index (χ1v) is 9.75. The number of nitrogens with zero attached hydrogens (tertiary/aromatic N) is 1. The lowest BCUT2D eigenvalue weighted by atomic mass is 9.69. The van der Waals surface area contributed by atoms with Crippen molar-refractivity contribution in [3.8, 4) is 0 Å². The lowest BCUT2D eigenvalue weighted by molar-refractivity contribution is -0.136. The number of methoxy groups -OCH3 is 2. The molecular weight excluding hydrogens is 356 g/mol. The van der Waals surface area contributed by atoms with E-state index >= 15 is 0 Å². The number of ether oxygens (including phenoxy) is 2. The molecule has 28 heavy (non-hydrogen) atoms. The molecule has 3 heterocycles. The summed E-state index contributed by atoms with van der Waals surface area (Å²) >= 11 is 0. The summed E-state index contributed by atoms with van der Waals surface area (Å²) in [5.74, 6) is -0.458. The molecule has 1 amide bonds. The van der Waals surface area contributed by atoms with Gasteiger partial charge in [0, 0.05) is 24.2 Å². The maximum Gasteiger partial charge on any atom is 0.337 e. The Kier molecular flexibility index (Phi) is 4.65. The molecule has 6 nitrogen and oxygen atoms in total. The molecule has 1 fully saturated rings. The maximum absolute atomic E-state index is 13.2. The zero-order valence-corrected chi connectivity index (χ0v) is 16.5. The molecule has 0 aliphatic carbocycles. The summed E-state index contributed by atoms with van der Waals surface area (Å²) < 4.78 is 10.2. The molecule has 1 aromatic rings. The highest BCUT2D eigenvalue weighted by atomic mass is 16.5. The summed E-state index contributed by atoms with van der Waals surface area (Å²) in [6.07, 6.45) is 5.89. The number of fused-ring (bicyclic) bond motifs is 4. The molecule has 0 saturated carbocycles. The highest BCUT2D eigenvalue weighted by Crippen LogP contribution is 2.52. The molecule has 6 heteroatoms. The molecule has 0 aromatic heterocycles. The fourth-order valence-electron chi connectivity index (χ4n) is 5.18. The maximum atomic E-state index is 13.2. The molecule has 3 atom stereocenters. The van der Waals surface area contributed by atoms with Gasteiger partial charge < -0.3 is 19.7 Å². The molecule has 0 unspecified atom stereocenters. The molecule has 3 aliphatic rings. The van der Waals surface area contributed by atoms with Gasteiger partial charge in [0.05, 0.1) is 31.5 Å². The number of amides is 1. The van der Waals surface area contributed by atoms with Crippen molar-refractivity contribution < 1.29 is 19.1 Å². The Morgan fingerprint density at radius 1 is 1.36 bits per heavy atom. The normalized spacial score (nSPS) is 28.5. The van der Waals surface area contributed by atoms with Gasteiger partial charge in [0.1, 0.15) is 0 Å². The number of nitrogens with one attached hydrogen (secondary N) is 1. The molecule has 0 radical (unpaired) electrons. The summed E-state index contributed by atoms with van der Waals surface area (Å²) in [4.78, 5) is 27.9. The zero-order valence-electron chi connectivity index (χ0n) is 16.5. The summed E-state index contributed by atoms with van der Waals surface area (Å²) in [6.45, 7) is 2.91. The monoisotopic (exact) mass is 382 g/mol. The molecule has 1 N–H and O–H groups in total. The minimum atomic E-state index is -0.584. The Balaban J connectivity index is 1.78. The first-order chi connectivity index (χ1) is 13.6. The number of esters is 1. The van der Waals surface area contributed by atoms with Crippen molar-refractivity contribution in [1.29, 1.82) is 0 Å². The van der Waals surface area contributed by atoms with Crippen molar-refractivity contribution >= 4 is 17.6 Å². The van der Waals surface area contributed by atoms with E-state index in [1.807, 2.05) is 18.2 Å². The van der Waals surface area contributed by atoms with Crippen molar-refractivity contribution in [3.63, 3.8) is 0 Å². The predicted molar refractivity (Wildman–Crippen MR) is 105 cm³/mol. The Morgan fingerprint density at radius 2 is 2.14 bits per heavy atom. The fourth-order valence-corrected chi connectivity index (χ4v) is 5.18. The van der Waals surface area contributed by atoms with Crippen molar-refractivity contribution in [2.75, 3.05) is 26.1 Å².